The van der Waals surface area contributed by atoms with E-state index in [1.807, 2.05) is 24.1 Å². The van der Waals surface area contributed by atoms with Crippen LogP contribution in [0.4, 0.5) is 0 Å². The highest BCUT2D eigenvalue weighted by molar-refractivity contribution is 7.09. The highest BCUT2D eigenvalue weighted by Crippen LogP contribution is 2.33. The molecule has 0 radical (unpaired) electrons. The van der Waals surface area contributed by atoms with Crippen molar-refractivity contribution >= 4 is 17.2 Å². The van der Waals surface area contributed by atoms with Crippen molar-refractivity contribution in [3.63, 3.8) is 0 Å². The van der Waals surface area contributed by atoms with Crippen LogP contribution in [0.3, 0.4) is 0 Å². The summed E-state index contributed by atoms with van der Waals surface area (Å²) in [6.07, 6.45) is 6.34. The minimum absolute atomic E-state index is 0.0416. The molecule has 0 saturated carbocycles. The third-order valence-corrected chi connectivity index (χ3v) is 4.75. The Morgan fingerprint density at radius 1 is 1.24 bits per heavy atom. The SMILES string of the molecule is Cc1cnc(C(=O)N2CCCCC2c2nc(C)cs2)cn1. The van der Waals surface area contributed by atoms with Crippen LogP contribution < -0.4 is 0 Å². The fourth-order valence-corrected chi connectivity index (χ4v) is 3.55. The van der Waals surface area contributed by atoms with Crippen molar-refractivity contribution in [3.8, 4) is 0 Å². The zero-order chi connectivity index (χ0) is 14.8. The normalized spacial score (nSPS) is 18.8. The smallest absolute Gasteiger partial charge is 0.274 e. The molecule has 5 nitrogen and oxygen atoms in total. The monoisotopic (exact) mass is 302 g/mol. The molecule has 0 spiro atoms. The van der Waals surface area contributed by atoms with E-state index in [1.54, 1.807) is 23.7 Å². The van der Waals surface area contributed by atoms with E-state index in [1.165, 1.54) is 0 Å². The van der Waals surface area contributed by atoms with Crippen LogP contribution >= 0.6 is 11.3 Å². The largest absolute Gasteiger partial charge is 0.328 e. The van der Waals surface area contributed by atoms with E-state index >= 15 is 0 Å². The lowest BCUT2D eigenvalue weighted by atomic mass is 10.0. The summed E-state index contributed by atoms with van der Waals surface area (Å²) in [4.78, 5) is 27.6. The maximum absolute atomic E-state index is 12.7. The minimum Gasteiger partial charge on any atom is -0.328 e. The topological polar surface area (TPSA) is 59.0 Å². The van der Waals surface area contributed by atoms with Gasteiger partial charge in [0.1, 0.15) is 10.7 Å². The number of hydrogen-bond acceptors (Lipinski definition) is 5. The summed E-state index contributed by atoms with van der Waals surface area (Å²) in [6, 6.07) is 0.0769. The second kappa shape index (κ2) is 5.89. The zero-order valence-electron chi connectivity index (χ0n) is 12.2. The second-order valence-electron chi connectivity index (χ2n) is 5.38. The lowest BCUT2D eigenvalue weighted by Crippen LogP contribution is -2.39. The molecule has 21 heavy (non-hydrogen) atoms. The molecule has 1 saturated heterocycles. The Bertz CT molecular complexity index is 637. The van der Waals surface area contributed by atoms with Gasteiger partial charge >= 0.3 is 0 Å². The van der Waals surface area contributed by atoms with Gasteiger partial charge in [0.2, 0.25) is 0 Å². The van der Waals surface area contributed by atoms with Gasteiger partial charge in [0.15, 0.2) is 0 Å². The molecule has 0 N–H and O–H groups in total. The second-order valence-corrected chi connectivity index (χ2v) is 6.27. The predicted octanol–water partition coefficient (Wildman–Crippen LogP) is 2.92. The Kier molecular flexibility index (Phi) is 3.96. The molecule has 110 valence electrons. The van der Waals surface area contributed by atoms with E-state index in [4.69, 9.17) is 0 Å². The van der Waals surface area contributed by atoms with E-state index < -0.39 is 0 Å². The number of nitrogens with zero attached hydrogens (tertiary/aromatic N) is 4. The number of carbonyl (C=O) groups excluding carboxylic acids is 1. The van der Waals surface area contributed by atoms with Gasteiger partial charge in [-0.05, 0) is 33.1 Å². The molecule has 1 unspecified atom stereocenters. The number of aromatic nitrogens is 3. The molecule has 1 atom stereocenters. The van der Waals surface area contributed by atoms with Crippen LogP contribution in [0.15, 0.2) is 17.8 Å². The Hall–Kier alpha value is -1.82. The molecule has 1 aliphatic rings. The number of carbonyl (C=O) groups is 1. The Morgan fingerprint density at radius 2 is 2.10 bits per heavy atom. The molecular weight excluding hydrogens is 284 g/mol. The van der Waals surface area contributed by atoms with Gasteiger partial charge < -0.3 is 4.90 Å². The first kappa shape index (κ1) is 14.1. The quantitative estimate of drug-likeness (QED) is 0.856. The number of rotatable bonds is 2. The van der Waals surface area contributed by atoms with Gasteiger partial charge in [-0.3, -0.25) is 9.78 Å². The summed E-state index contributed by atoms with van der Waals surface area (Å²) in [5, 5.41) is 3.07. The standard InChI is InChI=1S/C15H18N4OS/c1-10-7-17-12(8-16-10)15(20)19-6-4-3-5-13(19)14-18-11(2)9-21-14/h7-9,13H,3-6H2,1-2H3. The summed E-state index contributed by atoms with van der Waals surface area (Å²) >= 11 is 1.63. The number of piperidine rings is 1. The highest BCUT2D eigenvalue weighted by atomic mass is 32.1. The van der Waals surface area contributed by atoms with E-state index in [2.05, 4.69) is 15.0 Å². The Balaban J connectivity index is 1.87. The summed E-state index contributed by atoms with van der Waals surface area (Å²) < 4.78 is 0. The number of thiazole rings is 1. The predicted molar refractivity (Wildman–Crippen MR) is 81.2 cm³/mol. The van der Waals surface area contributed by atoms with E-state index in [-0.39, 0.29) is 11.9 Å². The molecule has 0 aliphatic carbocycles. The highest BCUT2D eigenvalue weighted by Gasteiger charge is 2.31. The lowest BCUT2D eigenvalue weighted by Gasteiger charge is -2.34. The maximum atomic E-state index is 12.7. The number of hydrogen-bond donors (Lipinski definition) is 0. The maximum Gasteiger partial charge on any atom is 0.274 e. The van der Waals surface area contributed by atoms with Crippen LogP contribution in [0, 0.1) is 13.8 Å². The molecule has 1 fully saturated rings. The van der Waals surface area contributed by atoms with Gasteiger partial charge in [-0.1, -0.05) is 0 Å². The van der Waals surface area contributed by atoms with Gasteiger partial charge in [0.05, 0.1) is 17.9 Å². The summed E-state index contributed by atoms with van der Waals surface area (Å²) in [5.74, 6) is -0.0416. The molecular formula is C15H18N4OS. The van der Waals surface area contributed by atoms with Crippen LogP contribution in [0.25, 0.3) is 0 Å². The van der Waals surface area contributed by atoms with Crippen LogP contribution in [-0.2, 0) is 0 Å². The fourth-order valence-electron chi connectivity index (χ4n) is 2.61. The Morgan fingerprint density at radius 3 is 2.76 bits per heavy atom. The van der Waals surface area contributed by atoms with Crippen LogP contribution in [0.5, 0.6) is 0 Å². The van der Waals surface area contributed by atoms with Crippen molar-refractivity contribution in [1.82, 2.24) is 19.9 Å². The number of aryl methyl sites for hydroxylation is 2. The fraction of sp³-hybridized carbons (Fsp3) is 0.467. The summed E-state index contributed by atoms with van der Waals surface area (Å²) in [6.45, 7) is 4.61. The molecule has 0 bridgehead atoms. The third-order valence-electron chi connectivity index (χ3n) is 3.69. The van der Waals surface area contributed by atoms with Crippen LogP contribution in [0.2, 0.25) is 0 Å². The van der Waals surface area contributed by atoms with E-state index in [0.29, 0.717) is 5.69 Å². The van der Waals surface area contributed by atoms with Gasteiger partial charge in [-0.15, -0.1) is 11.3 Å². The molecule has 1 aliphatic heterocycles. The number of likely N-dealkylation sites (tertiary alicyclic amines) is 1. The van der Waals surface area contributed by atoms with E-state index in [0.717, 1.165) is 42.2 Å². The van der Waals surface area contributed by atoms with Crippen molar-refractivity contribution in [2.75, 3.05) is 6.54 Å². The Labute approximate surface area is 128 Å². The van der Waals surface area contributed by atoms with Gasteiger partial charge in [0, 0.05) is 23.8 Å². The van der Waals surface area contributed by atoms with Gasteiger partial charge in [0.25, 0.3) is 5.91 Å². The molecule has 3 heterocycles. The lowest BCUT2D eigenvalue weighted by molar-refractivity contribution is 0.0604. The van der Waals surface area contributed by atoms with Crippen molar-refractivity contribution in [2.45, 2.75) is 39.2 Å². The zero-order valence-corrected chi connectivity index (χ0v) is 13.1. The van der Waals surface area contributed by atoms with Crippen molar-refractivity contribution in [3.05, 3.63) is 39.9 Å². The molecule has 1 amide bonds. The first-order valence-corrected chi connectivity index (χ1v) is 8.05. The van der Waals surface area contributed by atoms with Crippen molar-refractivity contribution < 1.29 is 4.79 Å². The van der Waals surface area contributed by atoms with Crippen LogP contribution in [0.1, 0.15) is 52.2 Å². The first-order chi connectivity index (χ1) is 10.1. The summed E-state index contributed by atoms with van der Waals surface area (Å²) in [5.41, 5.74) is 2.25. The van der Waals surface area contributed by atoms with E-state index in [9.17, 15) is 4.79 Å². The third kappa shape index (κ3) is 2.95. The first-order valence-electron chi connectivity index (χ1n) is 7.17. The molecule has 0 aromatic carbocycles. The van der Waals surface area contributed by atoms with Crippen LogP contribution in [-0.4, -0.2) is 32.3 Å². The molecule has 2 aromatic heterocycles. The van der Waals surface area contributed by atoms with Gasteiger partial charge in [-0.25, -0.2) is 9.97 Å². The van der Waals surface area contributed by atoms with Crippen molar-refractivity contribution in [2.24, 2.45) is 0 Å². The average molecular weight is 302 g/mol. The van der Waals surface area contributed by atoms with Crippen molar-refractivity contribution in [1.29, 1.82) is 0 Å². The molecule has 2 aromatic rings. The molecule has 3 rings (SSSR count). The minimum atomic E-state index is -0.0416. The van der Waals surface area contributed by atoms with Gasteiger partial charge in [-0.2, -0.15) is 0 Å². The number of amides is 1. The average Bonchev–Trinajstić information content (AvgIpc) is 2.94. The summed E-state index contributed by atoms with van der Waals surface area (Å²) in [7, 11) is 0. The molecule has 6 heteroatoms.